The van der Waals surface area contributed by atoms with Gasteiger partial charge in [0.15, 0.2) is 0 Å². The van der Waals surface area contributed by atoms with Gasteiger partial charge in [0, 0.05) is 17.5 Å². The second-order valence-electron chi connectivity index (χ2n) is 6.45. The number of aromatic nitrogens is 2. The molecule has 0 spiro atoms. The molecule has 0 radical (unpaired) electrons. The zero-order valence-corrected chi connectivity index (χ0v) is 16.0. The number of halogens is 3. The van der Waals surface area contributed by atoms with Crippen LogP contribution in [0.2, 0.25) is 5.02 Å². The van der Waals surface area contributed by atoms with Crippen molar-refractivity contribution >= 4 is 34.3 Å². The van der Waals surface area contributed by atoms with Crippen molar-refractivity contribution in [2.24, 2.45) is 0 Å². The highest BCUT2D eigenvalue weighted by molar-refractivity contribution is 6.30. The minimum absolute atomic E-state index is 0.0840. The number of nitrogens with two attached hydrogens (primary N) is 2. The Hall–Kier alpha value is -3.45. The summed E-state index contributed by atoms with van der Waals surface area (Å²) >= 11 is 5.78. The second kappa shape index (κ2) is 7.18. The highest BCUT2D eigenvalue weighted by Gasteiger charge is 2.13. The SMILES string of the molecule is Cc1c(-c2cc(F)cc(Oc3ccc(F)c(Cl)c3)c2)ccc2nc(N)nc(N)c12. The predicted molar refractivity (Wildman–Crippen MR) is 110 cm³/mol. The average Bonchev–Trinajstić information content (AvgIpc) is 2.64. The molecule has 0 bridgehead atoms. The summed E-state index contributed by atoms with van der Waals surface area (Å²) in [6, 6.07) is 11.7. The molecule has 0 saturated carbocycles. The molecule has 0 aliphatic carbocycles. The van der Waals surface area contributed by atoms with E-state index in [4.69, 9.17) is 27.8 Å². The van der Waals surface area contributed by atoms with Crippen LogP contribution in [0.15, 0.2) is 48.5 Å². The van der Waals surface area contributed by atoms with Crippen LogP contribution in [0.4, 0.5) is 20.5 Å². The molecule has 8 heteroatoms. The van der Waals surface area contributed by atoms with Gasteiger partial charge >= 0.3 is 0 Å². The van der Waals surface area contributed by atoms with E-state index in [1.165, 1.54) is 30.3 Å². The van der Waals surface area contributed by atoms with Gasteiger partial charge in [-0.3, -0.25) is 0 Å². The van der Waals surface area contributed by atoms with Gasteiger partial charge in [0.1, 0.15) is 29.0 Å². The second-order valence-corrected chi connectivity index (χ2v) is 6.86. The maximum absolute atomic E-state index is 14.3. The van der Waals surface area contributed by atoms with Gasteiger partial charge in [0.05, 0.1) is 10.5 Å². The molecule has 0 amide bonds. The third-order valence-corrected chi connectivity index (χ3v) is 4.77. The van der Waals surface area contributed by atoms with Crippen molar-refractivity contribution in [3.8, 4) is 22.6 Å². The van der Waals surface area contributed by atoms with Crippen molar-refractivity contribution in [2.45, 2.75) is 6.92 Å². The summed E-state index contributed by atoms with van der Waals surface area (Å²) in [5.74, 6) is -0.194. The number of hydrogen-bond donors (Lipinski definition) is 2. The summed E-state index contributed by atoms with van der Waals surface area (Å²) in [7, 11) is 0. The number of ether oxygens (including phenoxy) is 1. The zero-order valence-electron chi connectivity index (χ0n) is 15.2. The Morgan fingerprint density at radius 3 is 2.48 bits per heavy atom. The van der Waals surface area contributed by atoms with Crippen molar-refractivity contribution in [1.82, 2.24) is 9.97 Å². The lowest BCUT2D eigenvalue weighted by atomic mass is 9.97. The number of rotatable bonds is 3. The summed E-state index contributed by atoms with van der Waals surface area (Å²) < 4.78 is 33.3. The van der Waals surface area contributed by atoms with Crippen LogP contribution in [0.5, 0.6) is 11.5 Å². The monoisotopic (exact) mass is 412 g/mol. The van der Waals surface area contributed by atoms with Gasteiger partial charge in [-0.25, -0.2) is 13.8 Å². The normalized spacial score (nSPS) is 11.0. The topological polar surface area (TPSA) is 87.0 Å². The fraction of sp³-hybridized carbons (Fsp3) is 0.0476. The van der Waals surface area contributed by atoms with Gasteiger partial charge in [0.2, 0.25) is 5.95 Å². The lowest BCUT2D eigenvalue weighted by molar-refractivity contribution is 0.475. The van der Waals surface area contributed by atoms with E-state index in [0.717, 1.165) is 11.1 Å². The smallest absolute Gasteiger partial charge is 0.222 e. The first-order chi connectivity index (χ1) is 13.8. The van der Waals surface area contributed by atoms with Crippen LogP contribution in [-0.2, 0) is 0 Å². The number of hydrogen-bond acceptors (Lipinski definition) is 5. The minimum atomic E-state index is -0.564. The Morgan fingerprint density at radius 2 is 1.72 bits per heavy atom. The lowest BCUT2D eigenvalue weighted by Crippen LogP contribution is -2.02. The van der Waals surface area contributed by atoms with Crippen LogP contribution in [0.25, 0.3) is 22.0 Å². The van der Waals surface area contributed by atoms with E-state index < -0.39 is 11.6 Å². The summed E-state index contributed by atoms with van der Waals surface area (Å²) in [6.45, 7) is 1.85. The van der Waals surface area contributed by atoms with Gasteiger partial charge in [0.25, 0.3) is 0 Å². The minimum Gasteiger partial charge on any atom is -0.457 e. The molecule has 4 aromatic rings. The Balaban J connectivity index is 1.79. The molecule has 5 nitrogen and oxygen atoms in total. The van der Waals surface area contributed by atoms with Crippen LogP contribution in [-0.4, -0.2) is 9.97 Å². The van der Waals surface area contributed by atoms with E-state index in [2.05, 4.69) is 9.97 Å². The van der Waals surface area contributed by atoms with E-state index in [9.17, 15) is 8.78 Å². The maximum Gasteiger partial charge on any atom is 0.222 e. The molecule has 0 aliphatic rings. The standard InChI is InChI=1S/C21H15ClF2N4O/c1-10-15(3-5-18-19(10)20(25)28-21(26)27-18)11-6-12(23)8-14(7-11)29-13-2-4-17(24)16(22)9-13/h2-9H,1H3,(H4,25,26,27,28). The molecule has 29 heavy (non-hydrogen) atoms. The molecule has 0 fully saturated rings. The predicted octanol–water partition coefficient (Wildman–Crippen LogP) is 5.49. The van der Waals surface area contributed by atoms with Gasteiger partial charge < -0.3 is 16.2 Å². The van der Waals surface area contributed by atoms with Gasteiger partial charge in [-0.1, -0.05) is 17.7 Å². The number of benzene rings is 3. The molecule has 0 unspecified atom stereocenters. The largest absolute Gasteiger partial charge is 0.457 e. The van der Waals surface area contributed by atoms with E-state index in [1.54, 1.807) is 18.2 Å². The van der Waals surface area contributed by atoms with Crippen molar-refractivity contribution in [3.05, 3.63) is 70.8 Å². The summed E-state index contributed by atoms with van der Waals surface area (Å²) in [6.07, 6.45) is 0. The molecule has 4 rings (SSSR count). The number of nitrogen functional groups attached to an aromatic ring is 2. The molecule has 0 atom stereocenters. The van der Waals surface area contributed by atoms with Crippen molar-refractivity contribution in [2.75, 3.05) is 11.5 Å². The molecular weight excluding hydrogens is 398 g/mol. The summed E-state index contributed by atoms with van der Waals surface area (Å²) in [4.78, 5) is 8.19. The van der Waals surface area contributed by atoms with Crippen molar-refractivity contribution in [3.63, 3.8) is 0 Å². The van der Waals surface area contributed by atoms with E-state index >= 15 is 0 Å². The third kappa shape index (κ3) is 3.64. The molecule has 0 aliphatic heterocycles. The molecule has 1 aromatic heterocycles. The quantitative estimate of drug-likeness (QED) is 0.464. The Morgan fingerprint density at radius 1 is 0.931 bits per heavy atom. The van der Waals surface area contributed by atoms with E-state index in [0.29, 0.717) is 16.5 Å². The highest BCUT2D eigenvalue weighted by atomic mass is 35.5. The summed E-state index contributed by atoms with van der Waals surface area (Å²) in [5, 5.41) is 0.563. The molecular formula is C21H15ClF2N4O. The van der Waals surface area contributed by atoms with Crippen molar-refractivity contribution in [1.29, 1.82) is 0 Å². The molecule has 1 heterocycles. The Labute approximate surface area is 169 Å². The average molecular weight is 413 g/mol. The van der Waals surface area contributed by atoms with Gasteiger partial charge in [-0.05, 0) is 53.9 Å². The first-order valence-corrected chi connectivity index (χ1v) is 8.96. The van der Waals surface area contributed by atoms with Crippen molar-refractivity contribution < 1.29 is 13.5 Å². The van der Waals surface area contributed by atoms with E-state index in [-0.39, 0.29) is 28.3 Å². The lowest BCUT2D eigenvalue weighted by Gasteiger charge is -2.13. The molecule has 3 aromatic carbocycles. The number of anilines is 2. The van der Waals surface area contributed by atoms with Crippen LogP contribution >= 0.6 is 11.6 Å². The number of fused-ring (bicyclic) bond motifs is 1. The first-order valence-electron chi connectivity index (χ1n) is 8.58. The molecule has 146 valence electrons. The zero-order chi connectivity index (χ0) is 20.7. The van der Waals surface area contributed by atoms with E-state index in [1.807, 2.05) is 6.92 Å². The van der Waals surface area contributed by atoms with Crippen LogP contribution in [0.3, 0.4) is 0 Å². The van der Waals surface area contributed by atoms with Crippen LogP contribution in [0.1, 0.15) is 5.56 Å². The third-order valence-electron chi connectivity index (χ3n) is 4.48. The molecule has 4 N–H and O–H groups in total. The van der Waals surface area contributed by atoms with Crippen LogP contribution < -0.4 is 16.2 Å². The van der Waals surface area contributed by atoms with Gasteiger partial charge in [-0.15, -0.1) is 0 Å². The Bertz CT molecular complexity index is 1260. The maximum atomic E-state index is 14.3. The Kier molecular flexibility index (Phi) is 4.68. The van der Waals surface area contributed by atoms with Gasteiger partial charge in [-0.2, -0.15) is 4.98 Å². The van der Waals surface area contributed by atoms with Crippen LogP contribution in [0, 0.1) is 18.6 Å². The highest BCUT2D eigenvalue weighted by Crippen LogP contribution is 2.35. The summed E-state index contributed by atoms with van der Waals surface area (Å²) in [5.41, 5.74) is 14.4. The molecule has 0 saturated heterocycles. The fourth-order valence-electron chi connectivity index (χ4n) is 3.21. The fourth-order valence-corrected chi connectivity index (χ4v) is 3.38. The number of aryl methyl sites for hydroxylation is 1. The first kappa shape index (κ1) is 18.9. The number of nitrogens with zero attached hydrogens (tertiary/aromatic N) is 2.